The zero-order chi connectivity index (χ0) is 25.0. The highest BCUT2D eigenvalue weighted by Gasteiger charge is 2.28. The van der Waals surface area contributed by atoms with Crippen LogP contribution in [0.15, 0.2) is 24.3 Å². The SMILES string of the molecule is O=C(N[C@H]1COc2ccc(COCC(F)(F)F)cc2C1)c1cc2n(n1)CCC(CCOC(F)F)O2. The number of amides is 1. The molecule has 2 atom stereocenters. The molecule has 0 spiro atoms. The number of benzene rings is 1. The highest BCUT2D eigenvalue weighted by Crippen LogP contribution is 2.27. The van der Waals surface area contributed by atoms with Crippen molar-refractivity contribution in [1.82, 2.24) is 15.1 Å². The number of carbonyl (C=O) groups excluding carboxylic acids is 1. The van der Waals surface area contributed by atoms with E-state index in [1.54, 1.807) is 22.9 Å². The van der Waals surface area contributed by atoms with Gasteiger partial charge in [0, 0.05) is 25.5 Å². The quantitative estimate of drug-likeness (QED) is 0.526. The Morgan fingerprint density at radius 2 is 2.11 bits per heavy atom. The van der Waals surface area contributed by atoms with Gasteiger partial charge in [-0.1, -0.05) is 6.07 Å². The normalized spacial score (nSPS) is 19.5. The number of hydrogen-bond donors (Lipinski definition) is 1. The molecule has 192 valence electrons. The van der Waals surface area contributed by atoms with Gasteiger partial charge in [-0.3, -0.25) is 4.79 Å². The Balaban J connectivity index is 1.31. The number of hydrogen-bond acceptors (Lipinski definition) is 6. The summed E-state index contributed by atoms with van der Waals surface area (Å²) >= 11 is 0. The zero-order valence-electron chi connectivity index (χ0n) is 18.5. The van der Waals surface area contributed by atoms with Crippen molar-refractivity contribution in [3.05, 3.63) is 41.1 Å². The number of aromatic nitrogens is 2. The van der Waals surface area contributed by atoms with Crippen molar-refractivity contribution < 1.29 is 45.7 Å². The van der Waals surface area contributed by atoms with Gasteiger partial charge in [0.1, 0.15) is 25.1 Å². The predicted molar refractivity (Wildman–Crippen MR) is 110 cm³/mol. The number of fused-ring (bicyclic) bond motifs is 2. The summed E-state index contributed by atoms with van der Waals surface area (Å²) < 4.78 is 83.0. The average Bonchev–Trinajstić information content (AvgIpc) is 3.21. The third-order valence-electron chi connectivity index (χ3n) is 5.51. The minimum atomic E-state index is -4.40. The molecule has 2 aliphatic rings. The number of alkyl halides is 5. The van der Waals surface area contributed by atoms with Crippen molar-refractivity contribution in [2.75, 3.05) is 19.8 Å². The average molecular weight is 505 g/mol. The summed E-state index contributed by atoms with van der Waals surface area (Å²) in [4.78, 5) is 12.7. The monoisotopic (exact) mass is 505 g/mol. The molecule has 0 bridgehead atoms. The number of nitrogens with zero attached hydrogens (tertiary/aromatic N) is 2. The molecular weight excluding hydrogens is 481 g/mol. The van der Waals surface area contributed by atoms with Crippen LogP contribution < -0.4 is 14.8 Å². The van der Waals surface area contributed by atoms with Gasteiger partial charge >= 0.3 is 12.8 Å². The predicted octanol–water partition coefficient (Wildman–Crippen LogP) is 3.48. The van der Waals surface area contributed by atoms with Crippen LogP contribution in [-0.2, 0) is 29.0 Å². The molecule has 8 nitrogen and oxygen atoms in total. The van der Waals surface area contributed by atoms with E-state index in [0.29, 0.717) is 43.0 Å². The first-order valence-electron chi connectivity index (χ1n) is 11.0. The second-order valence-corrected chi connectivity index (χ2v) is 8.28. The third kappa shape index (κ3) is 7.04. The van der Waals surface area contributed by atoms with Crippen LogP contribution in [0.3, 0.4) is 0 Å². The standard InChI is InChI=1S/C22H24F5N3O5/c23-21(24)33-6-4-16-3-5-30-19(35-16)9-17(29-30)20(31)28-15-8-14-7-13(1-2-18(14)34-11-15)10-32-12-22(25,26)27/h1-2,7,9,15-16,21H,3-6,8,10-12H2,(H,28,31)/t15-,16?/m1/s1. The molecule has 0 radical (unpaired) electrons. The summed E-state index contributed by atoms with van der Waals surface area (Å²) in [6, 6.07) is 6.12. The highest BCUT2D eigenvalue weighted by molar-refractivity contribution is 5.92. The second-order valence-electron chi connectivity index (χ2n) is 8.28. The van der Waals surface area contributed by atoms with Crippen molar-refractivity contribution in [1.29, 1.82) is 0 Å². The van der Waals surface area contributed by atoms with Crippen LogP contribution in [0.4, 0.5) is 22.0 Å². The Morgan fingerprint density at radius 1 is 1.29 bits per heavy atom. The lowest BCUT2D eigenvalue weighted by atomic mass is 10.0. The molecule has 2 aliphatic heterocycles. The van der Waals surface area contributed by atoms with Crippen molar-refractivity contribution in [3.63, 3.8) is 0 Å². The number of rotatable bonds is 9. The Morgan fingerprint density at radius 3 is 2.89 bits per heavy atom. The van der Waals surface area contributed by atoms with Crippen molar-refractivity contribution in [2.24, 2.45) is 0 Å². The Hall–Kier alpha value is -2.93. The molecule has 1 aromatic carbocycles. The van der Waals surface area contributed by atoms with Crippen LogP contribution in [0.2, 0.25) is 0 Å². The van der Waals surface area contributed by atoms with E-state index in [1.807, 2.05) is 0 Å². The molecule has 35 heavy (non-hydrogen) atoms. The van der Waals surface area contributed by atoms with Crippen molar-refractivity contribution in [3.8, 4) is 11.6 Å². The van der Waals surface area contributed by atoms with Gasteiger partial charge < -0.3 is 24.3 Å². The van der Waals surface area contributed by atoms with Gasteiger partial charge in [-0.2, -0.15) is 27.1 Å². The lowest BCUT2D eigenvalue weighted by Crippen LogP contribution is -2.43. The smallest absolute Gasteiger partial charge is 0.411 e. The summed E-state index contributed by atoms with van der Waals surface area (Å²) in [5.41, 5.74) is 1.46. The van der Waals surface area contributed by atoms with Gasteiger partial charge in [0.05, 0.1) is 19.3 Å². The molecule has 1 aromatic heterocycles. The molecule has 1 unspecified atom stereocenters. The molecule has 1 amide bonds. The van der Waals surface area contributed by atoms with E-state index in [-0.39, 0.29) is 37.7 Å². The first kappa shape index (κ1) is 25.2. The van der Waals surface area contributed by atoms with E-state index < -0.39 is 25.3 Å². The van der Waals surface area contributed by atoms with Crippen LogP contribution in [-0.4, -0.2) is 60.4 Å². The first-order valence-corrected chi connectivity index (χ1v) is 11.0. The number of halogens is 5. The largest absolute Gasteiger partial charge is 0.491 e. The molecule has 0 saturated heterocycles. The summed E-state index contributed by atoms with van der Waals surface area (Å²) in [5.74, 6) is 0.537. The van der Waals surface area contributed by atoms with Crippen molar-refractivity contribution >= 4 is 5.91 Å². The summed E-state index contributed by atoms with van der Waals surface area (Å²) in [6.07, 6.45) is -3.45. The zero-order valence-corrected chi connectivity index (χ0v) is 18.5. The number of aryl methyl sites for hydroxylation is 1. The maximum atomic E-state index is 12.7. The van der Waals surface area contributed by atoms with Gasteiger partial charge in [-0.25, -0.2) is 4.68 Å². The fourth-order valence-electron chi connectivity index (χ4n) is 3.93. The van der Waals surface area contributed by atoms with Crippen LogP contribution in [0.5, 0.6) is 11.6 Å². The lowest BCUT2D eigenvalue weighted by molar-refractivity contribution is -0.176. The van der Waals surface area contributed by atoms with Gasteiger partial charge in [0.25, 0.3) is 5.91 Å². The summed E-state index contributed by atoms with van der Waals surface area (Å²) in [6.45, 7) is -3.80. The van der Waals surface area contributed by atoms with E-state index in [1.165, 1.54) is 6.07 Å². The Bertz CT molecular complexity index is 1030. The van der Waals surface area contributed by atoms with E-state index in [0.717, 1.165) is 5.56 Å². The van der Waals surface area contributed by atoms with Crippen LogP contribution >= 0.6 is 0 Å². The van der Waals surface area contributed by atoms with Gasteiger partial charge in [0.2, 0.25) is 5.88 Å². The lowest BCUT2D eigenvalue weighted by Gasteiger charge is -2.26. The topological polar surface area (TPSA) is 83.8 Å². The molecule has 4 rings (SSSR count). The maximum Gasteiger partial charge on any atom is 0.411 e. The van der Waals surface area contributed by atoms with Crippen LogP contribution in [0.1, 0.15) is 34.5 Å². The van der Waals surface area contributed by atoms with Gasteiger partial charge in [-0.05, 0) is 29.7 Å². The summed E-state index contributed by atoms with van der Waals surface area (Å²) in [7, 11) is 0. The second kappa shape index (κ2) is 10.8. The highest BCUT2D eigenvalue weighted by atomic mass is 19.4. The Labute approximate surface area is 197 Å². The Kier molecular flexibility index (Phi) is 7.75. The molecule has 3 heterocycles. The van der Waals surface area contributed by atoms with Gasteiger partial charge in [0.15, 0.2) is 5.69 Å². The fourth-order valence-corrected chi connectivity index (χ4v) is 3.93. The van der Waals surface area contributed by atoms with E-state index >= 15 is 0 Å². The molecule has 0 aliphatic carbocycles. The molecule has 0 saturated carbocycles. The van der Waals surface area contributed by atoms with E-state index in [2.05, 4.69) is 15.2 Å². The van der Waals surface area contributed by atoms with E-state index in [4.69, 9.17) is 14.2 Å². The van der Waals surface area contributed by atoms with Crippen LogP contribution in [0.25, 0.3) is 0 Å². The van der Waals surface area contributed by atoms with E-state index in [9.17, 15) is 26.7 Å². The fraction of sp³-hybridized carbons (Fsp3) is 0.545. The number of ether oxygens (including phenoxy) is 4. The van der Waals surface area contributed by atoms with Crippen molar-refractivity contribution in [2.45, 2.75) is 57.3 Å². The minimum Gasteiger partial charge on any atom is -0.491 e. The van der Waals surface area contributed by atoms with Crippen LogP contribution in [0, 0.1) is 0 Å². The maximum absolute atomic E-state index is 12.7. The number of nitrogens with one attached hydrogen (secondary N) is 1. The van der Waals surface area contributed by atoms with Gasteiger partial charge in [-0.15, -0.1) is 0 Å². The molecule has 13 heteroatoms. The summed E-state index contributed by atoms with van der Waals surface area (Å²) in [5, 5.41) is 7.10. The molecular formula is C22H24F5N3O5. The first-order chi connectivity index (χ1) is 16.7. The third-order valence-corrected chi connectivity index (χ3v) is 5.51. The molecule has 0 fully saturated rings. The number of carbonyl (C=O) groups is 1. The minimum absolute atomic E-state index is 0.136. The molecule has 2 aromatic rings. The molecule has 1 N–H and O–H groups in total.